The fraction of sp³-hybridized carbons (Fsp3) is 0.278. The van der Waals surface area contributed by atoms with Gasteiger partial charge in [-0.25, -0.2) is 12.8 Å². The number of hydrogen-bond donors (Lipinski definition) is 1. The molecule has 2 aromatic rings. The summed E-state index contributed by atoms with van der Waals surface area (Å²) in [5.74, 6) is -0.930. The number of phenols is 1. The maximum absolute atomic E-state index is 13.0. The Morgan fingerprint density at radius 2 is 1.65 bits per heavy atom. The van der Waals surface area contributed by atoms with Crippen LogP contribution in [-0.4, -0.2) is 54.8 Å². The zero-order valence-electron chi connectivity index (χ0n) is 14.0. The van der Waals surface area contributed by atoms with Gasteiger partial charge in [0, 0.05) is 26.2 Å². The maximum atomic E-state index is 13.0. The number of para-hydroxylation sites is 1. The van der Waals surface area contributed by atoms with Crippen LogP contribution in [0, 0.1) is 5.82 Å². The number of benzene rings is 2. The van der Waals surface area contributed by atoms with Crippen molar-refractivity contribution in [3.63, 3.8) is 0 Å². The van der Waals surface area contributed by atoms with Crippen molar-refractivity contribution in [2.45, 2.75) is 11.3 Å². The number of aromatic hydroxyl groups is 1. The summed E-state index contributed by atoms with van der Waals surface area (Å²) >= 11 is 0. The first-order valence-electron chi connectivity index (χ1n) is 8.22. The van der Waals surface area contributed by atoms with Gasteiger partial charge in [-0.2, -0.15) is 4.31 Å². The van der Waals surface area contributed by atoms with Crippen LogP contribution in [0.15, 0.2) is 53.4 Å². The molecule has 0 bridgehead atoms. The fourth-order valence-electron chi connectivity index (χ4n) is 2.92. The molecule has 2 aromatic carbocycles. The molecule has 1 fully saturated rings. The molecule has 1 aliphatic heterocycles. The molecule has 0 unspecified atom stereocenters. The number of amides is 1. The van der Waals surface area contributed by atoms with Gasteiger partial charge in [-0.05, 0) is 42.8 Å². The van der Waals surface area contributed by atoms with Crippen LogP contribution >= 0.6 is 0 Å². The second-order valence-electron chi connectivity index (χ2n) is 6.02. The van der Waals surface area contributed by atoms with Gasteiger partial charge in [-0.15, -0.1) is 0 Å². The molecule has 1 aliphatic rings. The van der Waals surface area contributed by atoms with Gasteiger partial charge in [0.15, 0.2) is 0 Å². The van der Waals surface area contributed by atoms with Gasteiger partial charge in [0.1, 0.15) is 11.6 Å². The summed E-state index contributed by atoms with van der Waals surface area (Å²) in [7, 11) is -3.74. The topological polar surface area (TPSA) is 77.9 Å². The van der Waals surface area contributed by atoms with Crippen molar-refractivity contribution >= 4 is 15.9 Å². The lowest BCUT2D eigenvalue weighted by atomic mass is 10.1. The highest BCUT2D eigenvalue weighted by Gasteiger charge is 2.29. The van der Waals surface area contributed by atoms with Gasteiger partial charge >= 0.3 is 0 Å². The largest absolute Gasteiger partial charge is 0.507 e. The number of rotatable bonds is 3. The number of carbonyl (C=O) groups excluding carboxylic acids is 1. The summed E-state index contributed by atoms with van der Waals surface area (Å²) in [6.45, 7) is 1.01. The normalized spacial score (nSPS) is 16.3. The number of phenolic OH excluding ortho intramolecular Hbond substituents is 1. The Labute approximate surface area is 151 Å². The van der Waals surface area contributed by atoms with Gasteiger partial charge in [-0.3, -0.25) is 4.79 Å². The summed E-state index contributed by atoms with van der Waals surface area (Å²) in [5.41, 5.74) is 0.197. The average molecular weight is 378 g/mol. The molecule has 0 aromatic heterocycles. The third-order valence-corrected chi connectivity index (χ3v) is 6.24. The van der Waals surface area contributed by atoms with Gasteiger partial charge < -0.3 is 10.0 Å². The van der Waals surface area contributed by atoms with Crippen LogP contribution < -0.4 is 0 Å². The van der Waals surface area contributed by atoms with E-state index < -0.39 is 15.8 Å². The van der Waals surface area contributed by atoms with E-state index in [1.54, 1.807) is 12.1 Å². The summed E-state index contributed by atoms with van der Waals surface area (Å²) in [6, 6.07) is 11.0. The molecule has 1 saturated heterocycles. The first-order valence-corrected chi connectivity index (χ1v) is 9.66. The predicted octanol–water partition coefficient (Wildman–Crippen LogP) is 2.07. The van der Waals surface area contributed by atoms with E-state index in [4.69, 9.17) is 0 Å². The second kappa shape index (κ2) is 7.43. The van der Waals surface area contributed by atoms with Crippen molar-refractivity contribution < 1.29 is 22.7 Å². The SMILES string of the molecule is O=C(c1ccccc1O)N1CCCN(S(=O)(=O)c2ccc(F)cc2)CC1. The lowest BCUT2D eigenvalue weighted by Crippen LogP contribution is -2.37. The van der Waals surface area contributed by atoms with E-state index in [1.165, 1.54) is 33.5 Å². The molecule has 6 nitrogen and oxygen atoms in total. The summed E-state index contributed by atoms with van der Waals surface area (Å²) in [5, 5.41) is 9.85. The molecule has 0 saturated carbocycles. The van der Waals surface area contributed by atoms with E-state index in [1.807, 2.05) is 0 Å². The number of halogens is 1. The van der Waals surface area contributed by atoms with Crippen molar-refractivity contribution in [1.29, 1.82) is 0 Å². The van der Waals surface area contributed by atoms with Crippen LogP contribution in [0.25, 0.3) is 0 Å². The van der Waals surface area contributed by atoms with E-state index in [0.29, 0.717) is 13.0 Å². The summed E-state index contributed by atoms with van der Waals surface area (Å²) < 4.78 is 39.8. The zero-order valence-corrected chi connectivity index (χ0v) is 14.8. The minimum absolute atomic E-state index is 0.0272. The Balaban J connectivity index is 1.75. The van der Waals surface area contributed by atoms with E-state index in [2.05, 4.69) is 0 Å². The number of hydrogen-bond acceptors (Lipinski definition) is 4. The number of nitrogens with zero attached hydrogens (tertiary/aromatic N) is 2. The van der Waals surface area contributed by atoms with Crippen LogP contribution in [-0.2, 0) is 10.0 Å². The molecule has 26 heavy (non-hydrogen) atoms. The van der Waals surface area contributed by atoms with Crippen molar-refractivity contribution in [2.75, 3.05) is 26.2 Å². The van der Waals surface area contributed by atoms with Gasteiger partial charge in [0.05, 0.1) is 10.5 Å². The summed E-state index contributed by atoms with van der Waals surface area (Å²) in [4.78, 5) is 14.2. The first kappa shape index (κ1) is 18.3. The van der Waals surface area contributed by atoms with E-state index >= 15 is 0 Å². The third kappa shape index (κ3) is 3.71. The molecule has 138 valence electrons. The molecule has 0 spiro atoms. The van der Waals surface area contributed by atoms with Gasteiger partial charge in [0.25, 0.3) is 5.91 Å². The Morgan fingerprint density at radius 1 is 0.962 bits per heavy atom. The van der Waals surface area contributed by atoms with Crippen LogP contribution in [0.2, 0.25) is 0 Å². The minimum atomic E-state index is -3.74. The van der Waals surface area contributed by atoms with Crippen molar-refractivity contribution in [3.8, 4) is 5.75 Å². The molecular formula is C18H19FN2O4S. The molecule has 0 aliphatic carbocycles. The molecule has 1 N–H and O–H groups in total. The van der Waals surface area contributed by atoms with Gasteiger partial charge in [0.2, 0.25) is 10.0 Å². The first-order chi connectivity index (χ1) is 12.4. The Kier molecular flexibility index (Phi) is 5.24. The smallest absolute Gasteiger partial charge is 0.257 e. The van der Waals surface area contributed by atoms with E-state index in [-0.39, 0.29) is 41.7 Å². The molecule has 1 amide bonds. The lowest BCUT2D eigenvalue weighted by Gasteiger charge is -2.22. The standard InChI is InChI=1S/C18H19FN2O4S/c19-14-6-8-15(9-7-14)26(24,25)21-11-3-10-20(12-13-21)18(23)16-4-1-2-5-17(16)22/h1-2,4-9,22H,3,10-13H2. The summed E-state index contributed by atoms with van der Waals surface area (Å²) in [6.07, 6.45) is 0.472. The molecule has 8 heteroatoms. The highest BCUT2D eigenvalue weighted by atomic mass is 32.2. The van der Waals surface area contributed by atoms with E-state index in [9.17, 15) is 22.7 Å². The third-order valence-electron chi connectivity index (χ3n) is 4.33. The van der Waals surface area contributed by atoms with Crippen LogP contribution in [0.4, 0.5) is 4.39 Å². The predicted molar refractivity (Wildman–Crippen MR) is 93.8 cm³/mol. The Bertz CT molecular complexity index is 900. The van der Waals surface area contributed by atoms with Gasteiger partial charge in [-0.1, -0.05) is 12.1 Å². The monoisotopic (exact) mass is 378 g/mol. The van der Waals surface area contributed by atoms with Crippen LogP contribution in [0.3, 0.4) is 0 Å². The lowest BCUT2D eigenvalue weighted by molar-refractivity contribution is 0.0761. The van der Waals surface area contributed by atoms with Crippen molar-refractivity contribution in [2.24, 2.45) is 0 Å². The molecule has 3 rings (SSSR count). The minimum Gasteiger partial charge on any atom is -0.507 e. The van der Waals surface area contributed by atoms with Crippen molar-refractivity contribution in [3.05, 3.63) is 59.9 Å². The Hall–Kier alpha value is -2.45. The maximum Gasteiger partial charge on any atom is 0.257 e. The molecule has 0 radical (unpaired) electrons. The quantitative estimate of drug-likeness (QED) is 0.887. The van der Waals surface area contributed by atoms with Crippen LogP contribution in [0.1, 0.15) is 16.8 Å². The molecular weight excluding hydrogens is 359 g/mol. The van der Waals surface area contributed by atoms with Crippen molar-refractivity contribution in [1.82, 2.24) is 9.21 Å². The zero-order chi connectivity index (χ0) is 18.7. The highest BCUT2D eigenvalue weighted by Crippen LogP contribution is 2.21. The highest BCUT2D eigenvalue weighted by molar-refractivity contribution is 7.89. The Morgan fingerprint density at radius 3 is 2.35 bits per heavy atom. The average Bonchev–Trinajstić information content (AvgIpc) is 2.89. The number of carbonyl (C=O) groups is 1. The molecule has 1 heterocycles. The second-order valence-corrected chi connectivity index (χ2v) is 7.96. The van der Waals surface area contributed by atoms with Crippen LogP contribution in [0.5, 0.6) is 5.75 Å². The number of sulfonamides is 1. The molecule has 0 atom stereocenters. The fourth-order valence-corrected chi connectivity index (χ4v) is 4.39. The van der Waals surface area contributed by atoms with E-state index in [0.717, 1.165) is 12.1 Å².